The van der Waals surface area contributed by atoms with Crippen LogP contribution in [0.1, 0.15) is 48.0 Å². The number of hydrogen-bond acceptors (Lipinski definition) is 5. The van der Waals surface area contributed by atoms with Crippen LogP contribution in [0.5, 0.6) is 0 Å². The van der Waals surface area contributed by atoms with Gasteiger partial charge in [-0.2, -0.15) is 0 Å². The Hall–Kier alpha value is -1.13. The summed E-state index contributed by atoms with van der Waals surface area (Å²) in [7, 11) is 1.80. The third kappa shape index (κ3) is 6.18. The van der Waals surface area contributed by atoms with Gasteiger partial charge in [0.05, 0.1) is 18.3 Å². The SMILES string of the molecule is CN=C(NCc1nc(C)c(C)o1)NCC(c1cccs1)N1CCC(C)CC1.I. The van der Waals surface area contributed by atoms with Crippen molar-refractivity contribution in [2.45, 2.75) is 46.2 Å². The summed E-state index contributed by atoms with van der Waals surface area (Å²) < 4.78 is 5.64. The van der Waals surface area contributed by atoms with Crippen LogP contribution in [0.15, 0.2) is 26.9 Å². The number of rotatable bonds is 6. The predicted octanol–water partition coefficient (Wildman–Crippen LogP) is 4.11. The second-order valence-electron chi connectivity index (χ2n) is 7.31. The molecule has 0 radical (unpaired) electrons. The fourth-order valence-corrected chi connectivity index (χ4v) is 4.28. The Morgan fingerprint density at radius 2 is 2.11 bits per heavy atom. The third-order valence-electron chi connectivity index (χ3n) is 5.30. The van der Waals surface area contributed by atoms with Gasteiger partial charge in [-0.1, -0.05) is 13.0 Å². The maximum absolute atomic E-state index is 5.64. The lowest BCUT2D eigenvalue weighted by molar-refractivity contribution is 0.140. The number of aromatic nitrogens is 1. The van der Waals surface area contributed by atoms with Gasteiger partial charge in [-0.15, -0.1) is 35.3 Å². The standard InChI is InChI=1S/C20H31N5OS.HI/c1-14-7-9-25(10-8-14)17(18-6-5-11-27-18)12-22-20(21-4)23-13-19-24-15(2)16(3)26-19;/h5-6,11,14,17H,7-10,12-13H2,1-4H3,(H2,21,22,23);1H. The summed E-state index contributed by atoms with van der Waals surface area (Å²) in [5.41, 5.74) is 0.937. The zero-order valence-corrected chi connectivity index (χ0v) is 20.3. The molecule has 1 unspecified atom stereocenters. The van der Waals surface area contributed by atoms with E-state index in [4.69, 9.17) is 4.42 Å². The first-order chi connectivity index (χ1) is 13.1. The van der Waals surface area contributed by atoms with Crippen molar-refractivity contribution in [2.24, 2.45) is 10.9 Å². The van der Waals surface area contributed by atoms with Crippen molar-refractivity contribution in [3.8, 4) is 0 Å². The number of aryl methyl sites for hydroxylation is 2. The summed E-state index contributed by atoms with van der Waals surface area (Å²) in [6, 6.07) is 4.76. The molecule has 1 aliphatic rings. The van der Waals surface area contributed by atoms with Gasteiger partial charge in [0.1, 0.15) is 5.76 Å². The second kappa shape index (κ2) is 11.2. The first kappa shape index (κ1) is 23.2. The van der Waals surface area contributed by atoms with E-state index < -0.39 is 0 Å². The Labute approximate surface area is 189 Å². The Morgan fingerprint density at radius 3 is 2.68 bits per heavy atom. The first-order valence-electron chi connectivity index (χ1n) is 9.71. The van der Waals surface area contributed by atoms with E-state index in [1.165, 1.54) is 17.7 Å². The molecule has 1 aliphatic heterocycles. The van der Waals surface area contributed by atoms with E-state index >= 15 is 0 Å². The van der Waals surface area contributed by atoms with Gasteiger partial charge in [0.2, 0.25) is 5.89 Å². The van der Waals surface area contributed by atoms with Gasteiger partial charge in [-0.05, 0) is 57.1 Å². The molecule has 1 saturated heterocycles. The molecular weight excluding hydrogens is 485 g/mol. The van der Waals surface area contributed by atoms with Gasteiger partial charge in [0, 0.05) is 18.5 Å². The van der Waals surface area contributed by atoms with E-state index in [0.717, 1.165) is 43.0 Å². The first-order valence-corrected chi connectivity index (χ1v) is 10.6. The highest BCUT2D eigenvalue weighted by Crippen LogP contribution is 2.29. The number of oxazole rings is 1. The normalized spacial score (nSPS) is 17.2. The van der Waals surface area contributed by atoms with E-state index in [9.17, 15) is 0 Å². The molecule has 1 fully saturated rings. The number of likely N-dealkylation sites (tertiary alicyclic amines) is 1. The van der Waals surface area contributed by atoms with E-state index in [0.29, 0.717) is 18.5 Å². The van der Waals surface area contributed by atoms with Crippen LogP contribution in [-0.2, 0) is 6.54 Å². The Bertz CT molecular complexity index is 718. The molecule has 0 amide bonds. The number of nitrogens with one attached hydrogen (secondary N) is 2. The highest BCUT2D eigenvalue weighted by Gasteiger charge is 2.25. The number of halogens is 1. The molecule has 3 rings (SSSR count). The lowest BCUT2D eigenvalue weighted by Crippen LogP contribution is -2.44. The van der Waals surface area contributed by atoms with Gasteiger partial charge in [0.25, 0.3) is 0 Å². The molecule has 0 bridgehead atoms. The van der Waals surface area contributed by atoms with Crippen molar-refractivity contribution in [3.05, 3.63) is 39.7 Å². The molecule has 3 heterocycles. The van der Waals surface area contributed by atoms with Crippen LogP contribution in [-0.4, -0.2) is 42.5 Å². The summed E-state index contributed by atoms with van der Waals surface area (Å²) >= 11 is 1.83. The maximum atomic E-state index is 5.64. The second-order valence-corrected chi connectivity index (χ2v) is 8.28. The summed E-state index contributed by atoms with van der Waals surface area (Å²) in [5.74, 6) is 3.16. The highest BCUT2D eigenvalue weighted by molar-refractivity contribution is 14.0. The minimum atomic E-state index is 0. The van der Waals surface area contributed by atoms with Crippen LogP contribution in [0.4, 0.5) is 0 Å². The average molecular weight is 517 g/mol. The molecule has 28 heavy (non-hydrogen) atoms. The third-order valence-corrected chi connectivity index (χ3v) is 6.27. The van der Waals surface area contributed by atoms with E-state index in [1.807, 2.05) is 25.2 Å². The van der Waals surface area contributed by atoms with Crippen LogP contribution in [0, 0.1) is 19.8 Å². The molecule has 0 spiro atoms. The summed E-state index contributed by atoms with van der Waals surface area (Å²) in [5, 5.41) is 8.96. The molecule has 2 aromatic heterocycles. The average Bonchev–Trinajstić information content (AvgIpc) is 3.30. The topological polar surface area (TPSA) is 65.7 Å². The number of piperidine rings is 1. The van der Waals surface area contributed by atoms with Crippen LogP contribution in [0.2, 0.25) is 0 Å². The van der Waals surface area contributed by atoms with E-state index in [1.54, 1.807) is 7.05 Å². The minimum Gasteiger partial charge on any atom is -0.444 e. The summed E-state index contributed by atoms with van der Waals surface area (Å²) in [4.78, 5) is 12.8. The maximum Gasteiger partial charge on any atom is 0.214 e. The quantitative estimate of drug-likeness (QED) is 0.343. The lowest BCUT2D eigenvalue weighted by Gasteiger charge is -2.36. The number of aliphatic imine (C=N–C) groups is 1. The van der Waals surface area contributed by atoms with Crippen molar-refractivity contribution in [1.29, 1.82) is 0 Å². The van der Waals surface area contributed by atoms with Gasteiger partial charge in [0.15, 0.2) is 5.96 Å². The fraction of sp³-hybridized carbons (Fsp3) is 0.600. The molecule has 2 aromatic rings. The minimum absolute atomic E-state index is 0. The lowest BCUT2D eigenvalue weighted by atomic mass is 9.97. The molecule has 0 saturated carbocycles. The van der Waals surface area contributed by atoms with Crippen molar-refractivity contribution >= 4 is 41.3 Å². The molecule has 6 nitrogen and oxygen atoms in total. The molecule has 2 N–H and O–H groups in total. The zero-order valence-electron chi connectivity index (χ0n) is 17.2. The van der Waals surface area contributed by atoms with Gasteiger partial charge in [-0.25, -0.2) is 4.98 Å². The van der Waals surface area contributed by atoms with Crippen LogP contribution >= 0.6 is 35.3 Å². The van der Waals surface area contributed by atoms with Gasteiger partial charge in [-0.3, -0.25) is 9.89 Å². The number of hydrogen-bond donors (Lipinski definition) is 2. The van der Waals surface area contributed by atoms with Crippen LogP contribution in [0.3, 0.4) is 0 Å². The largest absolute Gasteiger partial charge is 0.444 e. The van der Waals surface area contributed by atoms with Crippen molar-refractivity contribution in [2.75, 3.05) is 26.7 Å². The molecular formula is C20H32IN5OS. The zero-order chi connectivity index (χ0) is 19.2. The van der Waals surface area contributed by atoms with Crippen molar-refractivity contribution < 1.29 is 4.42 Å². The van der Waals surface area contributed by atoms with Gasteiger partial charge < -0.3 is 15.1 Å². The monoisotopic (exact) mass is 517 g/mol. The molecule has 1 atom stereocenters. The van der Waals surface area contributed by atoms with E-state index in [-0.39, 0.29) is 24.0 Å². The smallest absolute Gasteiger partial charge is 0.214 e. The summed E-state index contributed by atoms with van der Waals surface area (Å²) in [6.45, 7) is 9.92. The Kier molecular flexibility index (Phi) is 9.23. The fourth-order valence-electron chi connectivity index (χ4n) is 3.42. The predicted molar refractivity (Wildman–Crippen MR) is 127 cm³/mol. The molecule has 0 aromatic carbocycles. The molecule has 8 heteroatoms. The Morgan fingerprint density at radius 1 is 1.36 bits per heavy atom. The number of thiophene rings is 1. The van der Waals surface area contributed by atoms with Crippen molar-refractivity contribution in [3.63, 3.8) is 0 Å². The van der Waals surface area contributed by atoms with Crippen molar-refractivity contribution in [1.82, 2.24) is 20.5 Å². The van der Waals surface area contributed by atoms with E-state index in [2.05, 4.69) is 49.9 Å². The molecule has 0 aliphatic carbocycles. The summed E-state index contributed by atoms with van der Waals surface area (Å²) in [6.07, 6.45) is 2.55. The highest BCUT2D eigenvalue weighted by atomic mass is 127. The van der Waals surface area contributed by atoms with Gasteiger partial charge >= 0.3 is 0 Å². The molecule has 156 valence electrons. The van der Waals surface area contributed by atoms with Crippen LogP contribution in [0.25, 0.3) is 0 Å². The Balaban J connectivity index is 0.00000280. The number of nitrogens with zero attached hydrogens (tertiary/aromatic N) is 3. The van der Waals surface area contributed by atoms with Crippen LogP contribution < -0.4 is 10.6 Å². The number of guanidine groups is 1.